The van der Waals surface area contributed by atoms with E-state index in [0.717, 1.165) is 31.6 Å². The molecule has 1 amide bonds. The molecule has 17 heavy (non-hydrogen) atoms. The van der Waals surface area contributed by atoms with Gasteiger partial charge in [-0.3, -0.25) is 4.79 Å². The first-order chi connectivity index (χ1) is 8.22. The number of hydrogen-bond donors (Lipinski definition) is 1. The fourth-order valence-electron chi connectivity index (χ4n) is 1.74. The largest absolute Gasteiger partial charge is 0.370 e. The number of nitrogens with zero attached hydrogens (tertiary/aromatic N) is 2. The van der Waals surface area contributed by atoms with Crippen molar-refractivity contribution in [2.24, 2.45) is 0 Å². The minimum absolute atomic E-state index is 0.0921. The fourth-order valence-corrected chi connectivity index (χ4v) is 1.74. The zero-order valence-electron chi connectivity index (χ0n) is 10.4. The van der Waals surface area contributed by atoms with Crippen molar-refractivity contribution >= 4 is 11.7 Å². The zero-order chi connectivity index (χ0) is 12.3. The molecule has 0 aromatic carbocycles. The van der Waals surface area contributed by atoms with Crippen molar-refractivity contribution in [1.29, 1.82) is 0 Å². The highest BCUT2D eigenvalue weighted by atomic mass is 16.2. The molecule has 0 aliphatic heterocycles. The van der Waals surface area contributed by atoms with Crippen LogP contribution in [0.3, 0.4) is 0 Å². The highest BCUT2D eigenvalue weighted by Gasteiger charge is 2.30. The predicted molar refractivity (Wildman–Crippen MR) is 68.1 cm³/mol. The maximum Gasteiger partial charge on any atom is 0.254 e. The normalized spacial score (nSPS) is 14.5. The lowest BCUT2D eigenvalue weighted by Crippen LogP contribution is -2.28. The van der Waals surface area contributed by atoms with Crippen molar-refractivity contribution in [3.63, 3.8) is 0 Å². The maximum absolute atomic E-state index is 12.1. The lowest BCUT2D eigenvalue weighted by atomic mass is 10.2. The Bertz CT molecular complexity index is 401. The summed E-state index contributed by atoms with van der Waals surface area (Å²) in [6, 6.07) is 4.05. The third-order valence-corrected chi connectivity index (χ3v) is 2.98. The Balaban J connectivity index is 2.06. The van der Waals surface area contributed by atoms with E-state index in [0.29, 0.717) is 11.6 Å². The Morgan fingerprint density at radius 1 is 1.59 bits per heavy atom. The van der Waals surface area contributed by atoms with E-state index in [1.165, 1.54) is 0 Å². The Morgan fingerprint density at radius 3 is 3.00 bits per heavy atom. The summed E-state index contributed by atoms with van der Waals surface area (Å²) in [7, 11) is 1.87. The lowest BCUT2D eigenvalue weighted by molar-refractivity contribution is 0.0785. The zero-order valence-corrected chi connectivity index (χ0v) is 10.4. The molecule has 92 valence electrons. The molecular formula is C13H19N3O. The Kier molecular flexibility index (Phi) is 3.61. The van der Waals surface area contributed by atoms with Gasteiger partial charge in [0.05, 0.1) is 0 Å². The molecule has 1 fully saturated rings. The molecule has 1 saturated carbocycles. The molecule has 0 atom stereocenters. The Morgan fingerprint density at radius 2 is 2.35 bits per heavy atom. The predicted octanol–water partition coefficient (Wildman–Crippen LogP) is 2.14. The molecule has 0 unspecified atom stereocenters. The van der Waals surface area contributed by atoms with E-state index in [4.69, 9.17) is 0 Å². The van der Waals surface area contributed by atoms with Crippen molar-refractivity contribution in [1.82, 2.24) is 9.88 Å². The van der Waals surface area contributed by atoms with Crippen molar-refractivity contribution in [2.75, 3.05) is 18.9 Å². The fraction of sp³-hybridized carbons (Fsp3) is 0.538. The quantitative estimate of drug-likeness (QED) is 0.847. The van der Waals surface area contributed by atoms with E-state index in [-0.39, 0.29) is 5.91 Å². The SMILES string of the molecule is CCCNc1cc(C(=O)N(C)C2CC2)ccn1. The van der Waals surface area contributed by atoms with Gasteiger partial charge in [0.25, 0.3) is 5.91 Å². The molecule has 1 aliphatic rings. The van der Waals surface area contributed by atoms with Crippen LogP contribution in [-0.2, 0) is 0 Å². The lowest BCUT2D eigenvalue weighted by Gasteiger charge is -2.16. The van der Waals surface area contributed by atoms with E-state index >= 15 is 0 Å². The minimum Gasteiger partial charge on any atom is -0.370 e. The molecule has 4 heteroatoms. The van der Waals surface area contributed by atoms with Crippen LogP contribution < -0.4 is 5.32 Å². The van der Waals surface area contributed by atoms with Crippen LogP contribution in [0.4, 0.5) is 5.82 Å². The summed E-state index contributed by atoms with van der Waals surface area (Å²) in [4.78, 5) is 18.2. The molecule has 1 N–H and O–H groups in total. The second-order valence-corrected chi connectivity index (χ2v) is 4.50. The summed E-state index contributed by atoms with van der Waals surface area (Å²) in [5.74, 6) is 0.872. The molecular weight excluding hydrogens is 214 g/mol. The number of anilines is 1. The second kappa shape index (κ2) is 5.17. The smallest absolute Gasteiger partial charge is 0.254 e. The van der Waals surface area contributed by atoms with Crippen molar-refractivity contribution in [3.05, 3.63) is 23.9 Å². The average molecular weight is 233 g/mol. The number of carbonyl (C=O) groups is 1. The summed E-state index contributed by atoms with van der Waals surface area (Å²) in [5, 5.41) is 3.19. The van der Waals surface area contributed by atoms with Crippen molar-refractivity contribution < 1.29 is 4.79 Å². The summed E-state index contributed by atoms with van der Waals surface area (Å²) >= 11 is 0. The number of hydrogen-bond acceptors (Lipinski definition) is 3. The molecule has 0 bridgehead atoms. The highest BCUT2D eigenvalue weighted by molar-refractivity contribution is 5.95. The number of nitrogens with one attached hydrogen (secondary N) is 1. The molecule has 0 saturated heterocycles. The van der Waals surface area contributed by atoms with Gasteiger partial charge >= 0.3 is 0 Å². The van der Waals surface area contributed by atoms with E-state index in [9.17, 15) is 4.79 Å². The van der Waals surface area contributed by atoms with Crippen LogP contribution in [0.25, 0.3) is 0 Å². The van der Waals surface area contributed by atoms with Gasteiger partial charge in [0, 0.05) is 31.4 Å². The maximum atomic E-state index is 12.1. The van der Waals surface area contributed by atoms with Crippen LogP contribution in [0, 0.1) is 0 Å². The minimum atomic E-state index is 0.0921. The summed E-state index contributed by atoms with van der Waals surface area (Å²) in [5.41, 5.74) is 0.716. The van der Waals surface area contributed by atoms with Crippen LogP contribution in [0.2, 0.25) is 0 Å². The van der Waals surface area contributed by atoms with Crippen LogP contribution in [0.5, 0.6) is 0 Å². The van der Waals surface area contributed by atoms with Gasteiger partial charge in [-0.25, -0.2) is 4.98 Å². The summed E-state index contributed by atoms with van der Waals surface area (Å²) < 4.78 is 0. The van der Waals surface area contributed by atoms with Gasteiger partial charge in [0.2, 0.25) is 0 Å². The number of rotatable bonds is 5. The van der Waals surface area contributed by atoms with Gasteiger partial charge in [0.1, 0.15) is 5.82 Å². The Hall–Kier alpha value is -1.58. The number of aromatic nitrogens is 1. The topological polar surface area (TPSA) is 45.2 Å². The summed E-state index contributed by atoms with van der Waals surface area (Å²) in [6.45, 7) is 2.98. The monoisotopic (exact) mass is 233 g/mol. The van der Waals surface area contributed by atoms with Gasteiger partial charge in [-0.1, -0.05) is 6.92 Å². The molecule has 1 aliphatic carbocycles. The van der Waals surface area contributed by atoms with Crippen molar-refractivity contribution in [2.45, 2.75) is 32.2 Å². The van der Waals surface area contributed by atoms with Gasteiger partial charge in [0.15, 0.2) is 0 Å². The third-order valence-electron chi connectivity index (χ3n) is 2.98. The first-order valence-corrected chi connectivity index (χ1v) is 6.19. The van der Waals surface area contributed by atoms with Gasteiger partial charge in [-0.2, -0.15) is 0 Å². The highest BCUT2D eigenvalue weighted by Crippen LogP contribution is 2.26. The third kappa shape index (κ3) is 2.96. The number of pyridine rings is 1. The van der Waals surface area contributed by atoms with Crippen LogP contribution in [0.15, 0.2) is 18.3 Å². The van der Waals surface area contributed by atoms with E-state index < -0.39 is 0 Å². The van der Waals surface area contributed by atoms with Crippen LogP contribution >= 0.6 is 0 Å². The van der Waals surface area contributed by atoms with E-state index in [1.54, 1.807) is 12.3 Å². The molecule has 4 nitrogen and oxygen atoms in total. The van der Waals surface area contributed by atoms with E-state index in [2.05, 4.69) is 17.2 Å². The molecule has 0 radical (unpaired) electrons. The Labute approximate surface area is 102 Å². The van der Waals surface area contributed by atoms with Gasteiger partial charge < -0.3 is 10.2 Å². The molecule has 0 spiro atoms. The first kappa shape index (κ1) is 11.9. The molecule has 1 heterocycles. The molecule has 2 rings (SSSR count). The van der Waals surface area contributed by atoms with Gasteiger partial charge in [-0.15, -0.1) is 0 Å². The number of carbonyl (C=O) groups excluding carboxylic acids is 1. The van der Waals surface area contributed by atoms with Crippen molar-refractivity contribution in [3.8, 4) is 0 Å². The first-order valence-electron chi connectivity index (χ1n) is 6.19. The average Bonchev–Trinajstić information content (AvgIpc) is 3.19. The summed E-state index contributed by atoms with van der Waals surface area (Å²) in [6.07, 6.45) is 5.00. The molecule has 1 aromatic rings. The number of amides is 1. The second-order valence-electron chi connectivity index (χ2n) is 4.50. The standard InChI is InChI=1S/C13H19N3O/c1-3-7-14-12-9-10(6-8-15-12)13(17)16(2)11-4-5-11/h6,8-9,11H,3-5,7H2,1-2H3,(H,14,15). The van der Waals surface area contributed by atoms with Crippen LogP contribution in [0.1, 0.15) is 36.5 Å². The van der Waals surface area contributed by atoms with Crippen LogP contribution in [-0.4, -0.2) is 35.4 Å². The van der Waals surface area contributed by atoms with Gasteiger partial charge in [-0.05, 0) is 31.4 Å². The molecule has 1 aromatic heterocycles. The van der Waals surface area contributed by atoms with E-state index in [1.807, 2.05) is 18.0 Å².